The third-order valence-corrected chi connectivity index (χ3v) is 2.85. The number of rotatable bonds is 3. The maximum absolute atomic E-state index is 4.52. The molecule has 18 heavy (non-hydrogen) atoms. The van der Waals surface area contributed by atoms with Crippen LogP contribution < -0.4 is 5.32 Å². The maximum Gasteiger partial charge on any atom is 0.125 e. The van der Waals surface area contributed by atoms with Crippen LogP contribution in [0.5, 0.6) is 0 Å². The predicted octanol–water partition coefficient (Wildman–Crippen LogP) is 2.88. The molecule has 4 heteroatoms. The SMILES string of the molecule is Cc1cc(NCc2ncc[nH]2)c2ccccc2n1. The lowest BCUT2D eigenvalue weighted by Crippen LogP contribution is -2.02. The van der Waals surface area contributed by atoms with Gasteiger partial charge in [0, 0.05) is 29.2 Å². The van der Waals surface area contributed by atoms with Crippen LogP contribution in [0, 0.1) is 6.92 Å². The number of aromatic nitrogens is 3. The first-order valence-electron chi connectivity index (χ1n) is 5.91. The van der Waals surface area contributed by atoms with Gasteiger partial charge in [-0.25, -0.2) is 4.98 Å². The summed E-state index contributed by atoms with van der Waals surface area (Å²) in [5.41, 5.74) is 3.12. The number of aromatic amines is 1. The summed E-state index contributed by atoms with van der Waals surface area (Å²) in [6, 6.07) is 10.2. The van der Waals surface area contributed by atoms with Crippen LogP contribution in [0.15, 0.2) is 42.7 Å². The van der Waals surface area contributed by atoms with Crippen molar-refractivity contribution in [2.24, 2.45) is 0 Å². The van der Waals surface area contributed by atoms with Gasteiger partial charge < -0.3 is 10.3 Å². The Morgan fingerprint density at radius 2 is 2.17 bits per heavy atom. The Labute approximate surface area is 105 Å². The molecule has 0 radical (unpaired) electrons. The van der Waals surface area contributed by atoms with Gasteiger partial charge in [-0.1, -0.05) is 18.2 Å². The minimum absolute atomic E-state index is 0.681. The molecule has 4 nitrogen and oxygen atoms in total. The maximum atomic E-state index is 4.52. The molecule has 0 spiro atoms. The van der Waals surface area contributed by atoms with Gasteiger partial charge in [0.1, 0.15) is 5.82 Å². The standard InChI is InChI=1S/C14H14N4/c1-10-8-13(17-9-14-15-6-7-16-14)11-4-2-3-5-12(11)18-10/h2-8H,9H2,1H3,(H,15,16)(H,17,18). The van der Waals surface area contributed by atoms with Gasteiger partial charge in [-0.3, -0.25) is 4.98 Å². The number of hydrogen-bond acceptors (Lipinski definition) is 3. The van der Waals surface area contributed by atoms with E-state index in [2.05, 4.69) is 32.4 Å². The fourth-order valence-electron chi connectivity index (χ4n) is 2.03. The number of para-hydroxylation sites is 1. The van der Waals surface area contributed by atoms with E-state index >= 15 is 0 Å². The third kappa shape index (κ3) is 2.05. The Morgan fingerprint density at radius 1 is 1.28 bits per heavy atom. The summed E-state index contributed by atoms with van der Waals surface area (Å²) in [7, 11) is 0. The molecule has 0 fully saturated rings. The van der Waals surface area contributed by atoms with Crippen LogP contribution >= 0.6 is 0 Å². The highest BCUT2D eigenvalue weighted by Gasteiger charge is 2.03. The molecule has 0 atom stereocenters. The van der Waals surface area contributed by atoms with Crippen molar-refractivity contribution in [3.05, 3.63) is 54.2 Å². The molecule has 2 aromatic heterocycles. The van der Waals surface area contributed by atoms with Gasteiger partial charge in [-0.2, -0.15) is 0 Å². The smallest absolute Gasteiger partial charge is 0.125 e. The van der Waals surface area contributed by atoms with Gasteiger partial charge >= 0.3 is 0 Å². The van der Waals surface area contributed by atoms with Crippen molar-refractivity contribution in [2.45, 2.75) is 13.5 Å². The monoisotopic (exact) mass is 238 g/mol. The number of pyridine rings is 1. The number of aryl methyl sites for hydroxylation is 1. The van der Waals surface area contributed by atoms with E-state index < -0.39 is 0 Å². The molecule has 0 aliphatic heterocycles. The average Bonchev–Trinajstić information content (AvgIpc) is 2.89. The summed E-state index contributed by atoms with van der Waals surface area (Å²) < 4.78 is 0. The van der Waals surface area contributed by atoms with E-state index in [0.717, 1.165) is 28.1 Å². The summed E-state index contributed by atoms with van der Waals surface area (Å²) in [5, 5.41) is 4.53. The number of anilines is 1. The van der Waals surface area contributed by atoms with Crippen LogP contribution in [-0.4, -0.2) is 15.0 Å². The molecular weight excluding hydrogens is 224 g/mol. The van der Waals surface area contributed by atoms with E-state index in [9.17, 15) is 0 Å². The predicted molar refractivity (Wildman–Crippen MR) is 72.4 cm³/mol. The number of nitrogens with zero attached hydrogens (tertiary/aromatic N) is 2. The number of imidazole rings is 1. The highest BCUT2D eigenvalue weighted by molar-refractivity contribution is 5.91. The summed E-state index contributed by atoms with van der Waals surface area (Å²) in [6.45, 7) is 2.69. The van der Waals surface area contributed by atoms with Crippen molar-refractivity contribution in [3.63, 3.8) is 0 Å². The van der Waals surface area contributed by atoms with Crippen molar-refractivity contribution >= 4 is 16.6 Å². The lowest BCUT2D eigenvalue weighted by Gasteiger charge is -2.09. The number of benzene rings is 1. The second-order valence-electron chi connectivity index (χ2n) is 4.22. The van der Waals surface area contributed by atoms with Crippen molar-refractivity contribution in [1.82, 2.24) is 15.0 Å². The van der Waals surface area contributed by atoms with E-state index in [1.165, 1.54) is 0 Å². The molecule has 0 bridgehead atoms. The second-order valence-corrected chi connectivity index (χ2v) is 4.22. The zero-order chi connectivity index (χ0) is 12.4. The highest BCUT2D eigenvalue weighted by Crippen LogP contribution is 2.23. The summed E-state index contributed by atoms with van der Waals surface area (Å²) in [4.78, 5) is 11.8. The average molecular weight is 238 g/mol. The summed E-state index contributed by atoms with van der Waals surface area (Å²) in [5.74, 6) is 0.925. The Hall–Kier alpha value is -2.36. The molecule has 2 heterocycles. The Morgan fingerprint density at radius 3 is 3.00 bits per heavy atom. The first-order chi connectivity index (χ1) is 8.83. The van der Waals surface area contributed by atoms with E-state index in [4.69, 9.17) is 0 Å². The van der Waals surface area contributed by atoms with E-state index in [0.29, 0.717) is 6.54 Å². The summed E-state index contributed by atoms with van der Waals surface area (Å²) in [6.07, 6.45) is 3.58. The van der Waals surface area contributed by atoms with Crippen LogP contribution in [0.2, 0.25) is 0 Å². The van der Waals surface area contributed by atoms with Gasteiger partial charge in [-0.15, -0.1) is 0 Å². The topological polar surface area (TPSA) is 53.6 Å². The molecule has 90 valence electrons. The molecule has 0 aliphatic carbocycles. The third-order valence-electron chi connectivity index (χ3n) is 2.85. The van der Waals surface area contributed by atoms with Crippen molar-refractivity contribution in [2.75, 3.05) is 5.32 Å². The number of nitrogens with one attached hydrogen (secondary N) is 2. The van der Waals surface area contributed by atoms with E-state index in [1.54, 1.807) is 6.20 Å². The first-order valence-corrected chi connectivity index (χ1v) is 5.91. The molecule has 0 saturated carbocycles. The minimum Gasteiger partial charge on any atom is -0.377 e. The zero-order valence-corrected chi connectivity index (χ0v) is 10.1. The molecular formula is C14H14N4. The van der Waals surface area contributed by atoms with Crippen LogP contribution in [0.25, 0.3) is 10.9 Å². The second kappa shape index (κ2) is 4.49. The van der Waals surface area contributed by atoms with Gasteiger partial charge in [0.15, 0.2) is 0 Å². The van der Waals surface area contributed by atoms with Gasteiger partial charge in [0.25, 0.3) is 0 Å². The van der Waals surface area contributed by atoms with Crippen LogP contribution in [-0.2, 0) is 6.54 Å². The highest BCUT2D eigenvalue weighted by atomic mass is 15.0. The van der Waals surface area contributed by atoms with Crippen molar-refractivity contribution < 1.29 is 0 Å². The van der Waals surface area contributed by atoms with Crippen LogP contribution in [0.1, 0.15) is 11.5 Å². The van der Waals surface area contributed by atoms with Crippen molar-refractivity contribution in [1.29, 1.82) is 0 Å². The fourth-order valence-corrected chi connectivity index (χ4v) is 2.03. The molecule has 3 aromatic rings. The summed E-state index contributed by atoms with van der Waals surface area (Å²) >= 11 is 0. The van der Waals surface area contributed by atoms with Gasteiger partial charge in [0.05, 0.1) is 12.1 Å². The number of H-pyrrole nitrogens is 1. The Bertz CT molecular complexity index is 659. The molecule has 0 unspecified atom stereocenters. The van der Waals surface area contributed by atoms with Crippen LogP contribution in [0.3, 0.4) is 0 Å². The lowest BCUT2D eigenvalue weighted by molar-refractivity contribution is 1.00. The van der Waals surface area contributed by atoms with Gasteiger partial charge in [-0.05, 0) is 19.1 Å². The Balaban J connectivity index is 1.95. The molecule has 0 aliphatic rings. The van der Waals surface area contributed by atoms with Crippen molar-refractivity contribution in [3.8, 4) is 0 Å². The molecule has 1 aromatic carbocycles. The number of hydrogen-bond donors (Lipinski definition) is 2. The molecule has 3 rings (SSSR count). The molecule has 2 N–H and O–H groups in total. The van der Waals surface area contributed by atoms with E-state index in [1.807, 2.05) is 31.3 Å². The largest absolute Gasteiger partial charge is 0.377 e. The normalized spacial score (nSPS) is 10.7. The lowest BCUT2D eigenvalue weighted by atomic mass is 10.1. The van der Waals surface area contributed by atoms with E-state index in [-0.39, 0.29) is 0 Å². The van der Waals surface area contributed by atoms with Gasteiger partial charge in [0.2, 0.25) is 0 Å². The molecule has 0 amide bonds. The van der Waals surface area contributed by atoms with Crippen LogP contribution in [0.4, 0.5) is 5.69 Å². The Kier molecular flexibility index (Phi) is 2.68. The fraction of sp³-hybridized carbons (Fsp3) is 0.143. The zero-order valence-electron chi connectivity index (χ0n) is 10.1. The minimum atomic E-state index is 0.681. The number of fused-ring (bicyclic) bond motifs is 1. The molecule has 0 saturated heterocycles. The first kappa shape index (κ1) is 10.8. The quantitative estimate of drug-likeness (QED) is 0.737.